The molecular formula is C24H26ClN3O2. The molecule has 1 aliphatic heterocycles. The zero-order valence-electron chi connectivity index (χ0n) is 16.9. The quantitative estimate of drug-likeness (QED) is 0.650. The molecule has 2 aromatic carbocycles. The standard InChI is InChI=1S/C24H26ClN3O2/c25-21-4-2-1-3-20(21)24-26-22-9-10-28(15-23(22)27-24)18-7-5-16-6-8-19(30-12-11-29)14-17(16)13-18/h1-4,6,8,14,18,29H,5,7,9-13,15H2,(H,26,27). The molecule has 2 heterocycles. The van der Waals surface area contributed by atoms with Crippen LogP contribution in [-0.2, 0) is 25.8 Å². The van der Waals surface area contributed by atoms with Crippen molar-refractivity contribution in [2.24, 2.45) is 0 Å². The lowest BCUT2D eigenvalue weighted by atomic mass is 9.86. The molecule has 1 aliphatic carbocycles. The maximum atomic E-state index is 9.00. The predicted molar refractivity (Wildman–Crippen MR) is 118 cm³/mol. The number of hydrogen-bond acceptors (Lipinski definition) is 4. The normalized spacial score (nSPS) is 18.7. The van der Waals surface area contributed by atoms with Crippen molar-refractivity contribution in [3.8, 4) is 17.1 Å². The maximum absolute atomic E-state index is 9.00. The minimum absolute atomic E-state index is 0.0379. The Bertz CT molecular complexity index is 1050. The Labute approximate surface area is 181 Å². The summed E-state index contributed by atoms with van der Waals surface area (Å²) in [5.74, 6) is 1.72. The van der Waals surface area contributed by atoms with Gasteiger partial charge < -0.3 is 14.8 Å². The topological polar surface area (TPSA) is 61.4 Å². The van der Waals surface area contributed by atoms with Gasteiger partial charge in [0.2, 0.25) is 0 Å². The van der Waals surface area contributed by atoms with Gasteiger partial charge in [0.15, 0.2) is 0 Å². The van der Waals surface area contributed by atoms with Gasteiger partial charge in [-0.2, -0.15) is 0 Å². The first-order chi connectivity index (χ1) is 14.7. The molecule has 5 nitrogen and oxygen atoms in total. The van der Waals surface area contributed by atoms with Crippen molar-refractivity contribution in [1.82, 2.24) is 14.9 Å². The molecule has 30 heavy (non-hydrogen) atoms. The third-order valence-electron chi connectivity index (χ3n) is 6.25. The van der Waals surface area contributed by atoms with Gasteiger partial charge in [-0.25, -0.2) is 4.98 Å². The van der Waals surface area contributed by atoms with Crippen LogP contribution >= 0.6 is 11.6 Å². The van der Waals surface area contributed by atoms with Gasteiger partial charge in [0.05, 0.1) is 23.0 Å². The Morgan fingerprint density at radius 2 is 2.07 bits per heavy atom. The highest BCUT2D eigenvalue weighted by atomic mass is 35.5. The molecule has 0 bridgehead atoms. The van der Waals surface area contributed by atoms with Crippen LogP contribution in [0.15, 0.2) is 42.5 Å². The molecule has 1 unspecified atom stereocenters. The van der Waals surface area contributed by atoms with E-state index in [4.69, 9.17) is 26.4 Å². The van der Waals surface area contributed by atoms with E-state index in [9.17, 15) is 0 Å². The summed E-state index contributed by atoms with van der Waals surface area (Å²) < 4.78 is 5.62. The minimum Gasteiger partial charge on any atom is -0.491 e. The van der Waals surface area contributed by atoms with E-state index in [1.165, 1.54) is 23.2 Å². The molecule has 1 atom stereocenters. The van der Waals surface area contributed by atoms with Crippen LogP contribution in [0.2, 0.25) is 5.02 Å². The Hall–Kier alpha value is -2.34. The van der Waals surface area contributed by atoms with Gasteiger partial charge in [0, 0.05) is 31.1 Å². The summed E-state index contributed by atoms with van der Waals surface area (Å²) in [5, 5.41) is 9.73. The second-order valence-electron chi connectivity index (χ2n) is 8.11. The monoisotopic (exact) mass is 423 g/mol. The SMILES string of the molecule is OCCOc1ccc2c(c1)CC(N1CCc3nc(-c4ccccc4Cl)[nH]c3C1)CC2. The van der Waals surface area contributed by atoms with E-state index in [2.05, 4.69) is 22.0 Å². The zero-order valence-corrected chi connectivity index (χ0v) is 17.7. The van der Waals surface area contributed by atoms with E-state index < -0.39 is 0 Å². The summed E-state index contributed by atoms with van der Waals surface area (Å²) in [5.41, 5.74) is 6.12. The van der Waals surface area contributed by atoms with Crippen molar-refractivity contribution in [3.63, 3.8) is 0 Å². The summed E-state index contributed by atoms with van der Waals surface area (Å²) in [6.07, 6.45) is 4.26. The number of benzene rings is 2. The number of imidazole rings is 1. The highest BCUT2D eigenvalue weighted by Gasteiger charge is 2.29. The summed E-state index contributed by atoms with van der Waals surface area (Å²) in [6.45, 7) is 2.30. The van der Waals surface area contributed by atoms with Crippen LogP contribution in [0, 0.1) is 0 Å². The molecule has 0 spiro atoms. The molecule has 156 valence electrons. The lowest BCUT2D eigenvalue weighted by Crippen LogP contribution is -2.42. The molecule has 3 aromatic rings. The fourth-order valence-corrected chi connectivity index (χ4v) is 4.91. The number of aromatic nitrogens is 2. The predicted octanol–water partition coefficient (Wildman–Crippen LogP) is 4.02. The lowest BCUT2D eigenvalue weighted by Gasteiger charge is -2.37. The summed E-state index contributed by atoms with van der Waals surface area (Å²) >= 11 is 6.37. The lowest BCUT2D eigenvalue weighted by molar-refractivity contribution is 0.160. The number of aliphatic hydroxyl groups is 1. The Morgan fingerprint density at radius 3 is 2.93 bits per heavy atom. The largest absolute Gasteiger partial charge is 0.491 e. The first-order valence-corrected chi connectivity index (χ1v) is 11.0. The Kier molecular flexibility index (Phi) is 5.50. The molecule has 0 radical (unpaired) electrons. The van der Waals surface area contributed by atoms with Gasteiger partial charge in [0.25, 0.3) is 0 Å². The molecule has 2 N–H and O–H groups in total. The summed E-state index contributed by atoms with van der Waals surface area (Å²) in [7, 11) is 0. The van der Waals surface area contributed by atoms with Crippen LogP contribution in [-0.4, -0.2) is 45.8 Å². The second kappa shape index (κ2) is 8.42. The molecular weight excluding hydrogens is 398 g/mol. The third kappa shape index (κ3) is 3.85. The van der Waals surface area contributed by atoms with Gasteiger partial charge in [-0.15, -0.1) is 0 Å². The molecule has 0 fully saturated rings. The number of aromatic amines is 1. The number of halogens is 1. The van der Waals surface area contributed by atoms with Crippen molar-refractivity contribution in [3.05, 3.63) is 70.0 Å². The van der Waals surface area contributed by atoms with Gasteiger partial charge in [-0.1, -0.05) is 29.8 Å². The van der Waals surface area contributed by atoms with Crippen molar-refractivity contribution in [1.29, 1.82) is 0 Å². The first-order valence-electron chi connectivity index (χ1n) is 10.6. The van der Waals surface area contributed by atoms with Crippen LogP contribution in [0.1, 0.15) is 28.9 Å². The number of nitrogens with zero attached hydrogens (tertiary/aromatic N) is 2. The number of fused-ring (bicyclic) bond motifs is 2. The number of ether oxygens (including phenoxy) is 1. The van der Waals surface area contributed by atoms with Gasteiger partial charge in [-0.3, -0.25) is 4.90 Å². The highest BCUT2D eigenvalue weighted by molar-refractivity contribution is 6.33. The molecule has 0 saturated heterocycles. The van der Waals surface area contributed by atoms with Gasteiger partial charge >= 0.3 is 0 Å². The number of aliphatic hydroxyl groups excluding tert-OH is 1. The third-order valence-corrected chi connectivity index (χ3v) is 6.58. The number of H-pyrrole nitrogens is 1. The average molecular weight is 424 g/mol. The Balaban J connectivity index is 1.32. The number of rotatable bonds is 5. The Morgan fingerprint density at radius 1 is 1.17 bits per heavy atom. The number of hydrogen-bond donors (Lipinski definition) is 2. The first kappa shape index (κ1) is 19.6. The van der Waals surface area contributed by atoms with E-state index in [-0.39, 0.29) is 6.61 Å². The van der Waals surface area contributed by atoms with Gasteiger partial charge in [-0.05, 0) is 54.7 Å². The van der Waals surface area contributed by atoms with E-state index in [1.807, 2.05) is 30.3 Å². The fourth-order valence-electron chi connectivity index (χ4n) is 4.69. The van der Waals surface area contributed by atoms with Crippen molar-refractivity contribution >= 4 is 11.6 Å². The molecule has 1 aromatic heterocycles. The van der Waals surface area contributed by atoms with Crippen molar-refractivity contribution in [2.45, 2.75) is 38.3 Å². The summed E-state index contributed by atoms with van der Waals surface area (Å²) in [4.78, 5) is 10.9. The molecule has 5 rings (SSSR count). The zero-order chi connectivity index (χ0) is 20.5. The van der Waals surface area contributed by atoms with Crippen LogP contribution < -0.4 is 4.74 Å². The van der Waals surface area contributed by atoms with Crippen LogP contribution in [0.3, 0.4) is 0 Å². The van der Waals surface area contributed by atoms with Crippen LogP contribution in [0.4, 0.5) is 0 Å². The van der Waals surface area contributed by atoms with E-state index >= 15 is 0 Å². The number of nitrogens with one attached hydrogen (secondary N) is 1. The second-order valence-corrected chi connectivity index (χ2v) is 8.52. The average Bonchev–Trinajstić information content (AvgIpc) is 3.20. The molecule has 2 aliphatic rings. The smallest absolute Gasteiger partial charge is 0.139 e. The van der Waals surface area contributed by atoms with Crippen LogP contribution in [0.25, 0.3) is 11.4 Å². The number of aryl methyl sites for hydroxylation is 1. The summed E-state index contributed by atoms with van der Waals surface area (Å²) in [6, 6.07) is 14.7. The van der Waals surface area contributed by atoms with Crippen molar-refractivity contribution in [2.75, 3.05) is 19.8 Å². The van der Waals surface area contributed by atoms with E-state index in [0.29, 0.717) is 12.6 Å². The molecule has 0 amide bonds. The van der Waals surface area contributed by atoms with E-state index in [1.54, 1.807) is 0 Å². The van der Waals surface area contributed by atoms with Gasteiger partial charge in [0.1, 0.15) is 18.2 Å². The molecule has 0 saturated carbocycles. The fraction of sp³-hybridized carbons (Fsp3) is 0.375. The van der Waals surface area contributed by atoms with E-state index in [0.717, 1.165) is 60.2 Å². The maximum Gasteiger partial charge on any atom is 0.139 e. The van der Waals surface area contributed by atoms with Crippen LogP contribution in [0.5, 0.6) is 5.75 Å². The molecule has 6 heteroatoms. The minimum atomic E-state index is 0.0379. The highest BCUT2D eigenvalue weighted by Crippen LogP contribution is 2.32. The van der Waals surface area contributed by atoms with Crippen molar-refractivity contribution < 1.29 is 9.84 Å².